The number of nitrogens with one attached hydrogen (secondary N) is 3. The van der Waals surface area contributed by atoms with Crippen LogP contribution in [0.4, 0.5) is 17.5 Å². The summed E-state index contributed by atoms with van der Waals surface area (Å²) >= 11 is 0. The van der Waals surface area contributed by atoms with Crippen molar-refractivity contribution < 1.29 is 52.5 Å². The number of hydrogen-bond acceptors (Lipinski definition) is 18. The maximum atomic E-state index is 14.9. The van der Waals surface area contributed by atoms with Crippen LogP contribution in [-0.4, -0.2) is 139 Å². The maximum absolute atomic E-state index is 14.9. The number of esters is 3. The molecule has 5 aromatic rings. The number of aryl methyl sites for hydroxylation is 1. The number of hydrogen-bond donors (Lipinski definition) is 3. The van der Waals surface area contributed by atoms with Gasteiger partial charge in [0.1, 0.15) is 34.1 Å². The summed E-state index contributed by atoms with van der Waals surface area (Å²) in [4.78, 5) is 111. The van der Waals surface area contributed by atoms with Gasteiger partial charge in [0, 0.05) is 82.1 Å². The monoisotopic (exact) mass is 1360 g/mol. The van der Waals surface area contributed by atoms with Crippen LogP contribution >= 0.6 is 0 Å². The van der Waals surface area contributed by atoms with Gasteiger partial charge in [-0.3, -0.25) is 29.0 Å². The van der Waals surface area contributed by atoms with Crippen molar-refractivity contribution in [3.05, 3.63) is 119 Å². The Morgan fingerprint density at radius 2 is 0.939 bits per heavy atom. The van der Waals surface area contributed by atoms with Crippen molar-refractivity contribution >= 4 is 53.1 Å². The van der Waals surface area contributed by atoms with Crippen molar-refractivity contribution in [2.45, 2.75) is 211 Å². The Morgan fingerprint density at radius 1 is 0.475 bits per heavy atom. The number of ether oxygens (including phenoxy) is 5. The largest absolute Gasteiger partial charge is 0.477 e. The standard InChI is InChI=1S/C78H104N10O11/c1-54(2)39-46-96-76-64(73(92)81-61-29-11-5-12-30-61)33-36-66(83-76)87-43-17-24-58(52-87)49-70(90)99-78(94)71(59-26-18-44-88(53-59)68-38-35-63(72(91)80-60-27-9-4-10-28-60)75(85-68)95-45-19-25-55-20-7-3-8-21-55)98-69(89)48-57-23-16-42-86(51-57)67-37-34-65(74(93)82-62-31-13-6-14-32-62)77(84-67)97-47-40-56-22-15-41-79-50-56/h3,7-8,15,20-22,33-38,41,50,54,57-62,71H,4-6,9-14,16-19,23-32,39-40,42-49,51-53H2,1-2H3,(H,80,91)(H,81,92)(H,82,93)/t57-,58-,59-,71?/m0/s1. The smallest absolute Gasteiger partial charge is 0.355 e. The Hall–Kier alpha value is -8.36. The third-order valence-electron chi connectivity index (χ3n) is 20.6. The molecular formula is C78H104N10O11. The van der Waals surface area contributed by atoms with Crippen LogP contribution in [-0.2, 0) is 36.7 Å². The van der Waals surface area contributed by atoms with E-state index in [1.54, 1.807) is 30.6 Å². The van der Waals surface area contributed by atoms with Crippen molar-refractivity contribution in [1.82, 2.24) is 35.9 Å². The third-order valence-corrected chi connectivity index (χ3v) is 20.6. The van der Waals surface area contributed by atoms with Gasteiger partial charge in [0.2, 0.25) is 23.7 Å². The maximum Gasteiger partial charge on any atom is 0.355 e. The summed E-state index contributed by atoms with van der Waals surface area (Å²) < 4.78 is 31.2. The number of rotatable bonds is 29. The van der Waals surface area contributed by atoms with Gasteiger partial charge in [-0.1, -0.05) is 108 Å². The van der Waals surface area contributed by atoms with Crippen LogP contribution in [0.5, 0.6) is 17.6 Å². The molecule has 7 heterocycles. The molecular weight excluding hydrogens is 1250 g/mol. The van der Waals surface area contributed by atoms with Crippen LogP contribution < -0.4 is 44.9 Å². The van der Waals surface area contributed by atoms with Gasteiger partial charge in [-0.2, -0.15) is 15.0 Å². The predicted octanol–water partition coefficient (Wildman–Crippen LogP) is 12.3. The van der Waals surface area contributed by atoms with Crippen molar-refractivity contribution in [1.29, 1.82) is 0 Å². The molecule has 11 rings (SSSR count). The molecule has 0 spiro atoms. The third kappa shape index (κ3) is 21.3. The van der Waals surface area contributed by atoms with Gasteiger partial charge in [0.25, 0.3) is 17.7 Å². The molecule has 0 bridgehead atoms. The zero-order valence-corrected chi connectivity index (χ0v) is 58.4. The molecule has 3 saturated carbocycles. The Bertz CT molecular complexity index is 3450. The first-order chi connectivity index (χ1) is 48.3. The molecule has 4 aromatic heterocycles. The molecule has 0 radical (unpaired) electrons. The molecule has 1 aromatic carbocycles. The van der Waals surface area contributed by atoms with Gasteiger partial charge < -0.3 is 54.3 Å². The van der Waals surface area contributed by atoms with Gasteiger partial charge in [-0.15, -0.1) is 0 Å². The van der Waals surface area contributed by atoms with Gasteiger partial charge >= 0.3 is 17.9 Å². The molecule has 3 saturated heterocycles. The quantitative estimate of drug-likeness (QED) is 0.0229. The highest BCUT2D eigenvalue weighted by Gasteiger charge is 2.40. The Kier molecular flexibility index (Phi) is 26.6. The van der Waals surface area contributed by atoms with Crippen molar-refractivity contribution in [3.8, 4) is 17.6 Å². The molecule has 3 aliphatic carbocycles. The number of aromatic nitrogens is 4. The highest BCUT2D eigenvalue weighted by molar-refractivity contribution is 5.98. The van der Waals surface area contributed by atoms with E-state index in [1.165, 1.54) is 12.0 Å². The fourth-order valence-electron chi connectivity index (χ4n) is 15.0. The van der Waals surface area contributed by atoms with Crippen molar-refractivity contribution in [2.75, 3.05) is 73.8 Å². The van der Waals surface area contributed by atoms with E-state index in [0.29, 0.717) is 125 Å². The summed E-state index contributed by atoms with van der Waals surface area (Å²) in [5, 5.41) is 9.70. The second-order valence-electron chi connectivity index (χ2n) is 28.8. The highest BCUT2D eigenvalue weighted by atomic mass is 16.6. The highest BCUT2D eigenvalue weighted by Crippen LogP contribution is 2.34. The molecule has 4 atom stereocenters. The van der Waals surface area contributed by atoms with E-state index in [4.69, 9.17) is 38.6 Å². The van der Waals surface area contributed by atoms with Gasteiger partial charge in [0.15, 0.2) is 0 Å². The normalized spacial score (nSPS) is 19.9. The fourth-order valence-corrected chi connectivity index (χ4v) is 15.0. The lowest BCUT2D eigenvalue weighted by Crippen LogP contribution is -2.47. The lowest BCUT2D eigenvalue weighted by Gasteiger charge is -2.37. The summed E-state index contributed by atoms with van der Waals surface area (Å²) in [5.41, 5.74) is 3.30. The molecule has 99 heavy (non-hydrogen) atoms. The van der Waals surface area contributed by atoms with Gasteiger partial charge in [0.05, 0.1) is 32.7 Å². The number of carbonyl (C=O) groups is 6. The van der Waals surface area contributed by atoms with E-state index in [-0.39, 0.29) is 91.3 Å². The number of pyridine rings is 4. The van der Waals surface area contributed by atoms with E-state index < -0.39 is 29.9 Å². The van der Waals surface area contributed by atoms with E-state index in [0.717, 1.165) is 121 Å². The first-order valence-electron chi connectivity index (χ1n) is 37.3. The van der Waals surface area contributed by atoms with Crippen molar-refractivity contribution in [3.63, 3.8) is 0 Å². The number of piperidine rings is 3. The second-order valence-corrected chi connectivity index (χ2v) is 28.8. The molecule has 3 amide bonds. The summed E-state index contributed by atoms with van der Waals surface area (Å²) in [6.45, 7) is 8.29. The number of carbonyl (C=O) groups excluding carboxylic acids is 6. The summed E-state index contributed by atoms with van der Waals surface area (Å²) in [5.74, 6) is -0.925. The Balaban J connectivity index is 0.792. The van der Waals surface area contributed by atoms with Crippen LogP contribution in [0.3, 0.4) is 0 Å². The minimum absolute atomic E-state index is 0.0134. The SMILES string of the molecule is CC(C)CCOc1nc(N2CCC[C@@H](CC(=O)OC(=O)C(OC(=O)C[C@@H]3CCCN(c4ccc(C(=O)NC5CCCCC5)c(OCCc5cccnc5)n4)C3)[C@H]3CCCN(c4ccc(C(=O)NC5CCCCC5)c(OCCCc5ccccc5)n4)C3)C2)ccc1C(=O)NC1CCCCC1. The first-order valence-corrected chi connectivity index (χ1v) is 37.3. The zero-order valence-electron chi connectivity index (χ0n) is 58.4. The van der Waals surface area contributed by atoms with E-state index in [1.807, 2.05) is 53.4 Å². The van der Waals surface area contributed by atoms with E-state index in [2.05, 4.69) is 56.7 Å². The van der Waals surface area contributed by atoms with Crippen LogP contribution in [0.15, 0.2) is 91.3 Å². The molecule has 1 unspecified atom stereocenters. The topological polar surface area (TPSA) is 246 Å². The first kappa shape index (κ1) is 71.9. The van der Waals surface area contributed by atoms with Gasteiger partial charge in [-0.05, 0) is 168 Å². The van der Waals surface area contributed by atoms with E-state index >= 15 is 0 Å². The number of nitrogens with zero attached hydrogens (tertiary/aromatic N) is 7. The average Bonchev–Trinajstić information content (AvgIpc) is 0.842. The summed E-state index contributed by atoms with van der Waals surface area (Å²) in [6.07, 6.45) is 24.4. The van der Waals surface area contributed by atoms with Crippen LogP contribution in [0, 0.1) is 23.7 Å². The lowest BCUT2D eigenvalue weighted by molar-refractivity contribution is -0.178. The van der Waals surface area contributed by atoms with Crippen LogP contribution in [0.25, 0.3) is 0 Å². The molecule has 6 aliphatic rings. The zero-order chi connectivity index (χ0) is 68.7. The lowest BCUT2D eigenvalue weighted by atomic mass is 9.91. The van der Waals surface area contributed by atoms with Crippen LogP contribution in [0.1, 0.15) is 217 Å². The molecule has 3 N–H and O–H groups in total. The number of amides is 3. The minimum Gasteiger partial charge on any atom is -0.477 e. The van der Waals surface area contributed by atoms with Crippen molar-refractivity contribution in [2.24, 2.45) is 23.7 Å². The molecule has 21 nitrogen and oxygen atoms in total. The molecule has 6 fully saturated rings. The molecule has 3 aliphatic heterocycles. The average molecular weight is 1360 g/mol. The Labute approximate surface area is 584 Å². The number of benzene rings is 1. The molecule has 21 heteroatoms. The van der Waals surface area contributed by atoms with E-state index in [9.17, 15) is 28.8 Å². The van der Waals surface area contributed by atoms with Crippen LogP contribution in [0.2, 0.25) is 0 Å². The fraction of sp³-hybridized carbons (Fsp3) is 0.590. The summed E-state index contributed by atoms with van der Waals surface area (Å²) in [7, 11) is 0. The number of anilines is 3. The van der Waals surface area contributed by atoms with Gasteiger partial charge in [-0.25, -0.2) is 4.79 Å². The summed E-state index contributed by atoms with van der Waals surface area (Å²) in [6, 6.07) is 25.2. The second kappa shape index (κ2) is 36.6. The Morgan fingerprint density at radius 3 is 1.43 bits per heavy atom. The predicted molar refractivity (Wildman–Crippen MR) is 379 cm³/mol. The minimum atomic E-state index is -1.44. The molecule has 532 valence electrons.